The van der Waals surface area contributed by atoms with Gasteiger partial charge in [0.2, 0.25) is 0 Å². The van der Waals surface area contributed by atoms with Crippen LogP contribution in [0.25, 0.3) is 0 Å². The molecule has 0 spiro atoms. The molecular formula is C13H12ClNO3. The van der Waals surface area contributed by atoms with Gasteiger partial charge >= 0.3 is 0 Å². The fourth-order valence-corrected chi connectivity index (χ4v) is 1.62. The van der Waals surface area contributed by atoms with Crippen LogP contribution < -0.4 is 9.47 Å². The van der Waals surface area contributed by atoms with E-state index in [0.717, 1.165) is 5.56 Å². The van der Waals surface area contributed by atoms with E-state index in [9.17, 15) is 0 Å². The van der Waals surface area contributed by atoms with Crippen molar-refractivity contribution in [3.63, 3.8) is 0 Å². The van der Waals surface area contributed by atoms with E-state index in [1.54, 1.807) is 30.5 Å². The molecule has 4 nitrogen and oxygen atoms in total. The van der Waals surface area contributed by atoms with E-state index in [0.29, 0.717) is 22.3 Å². The predicted molar refractivity (Wildman–Crippen MR) is 68.2 cm³/mol. The van der Waals surface area contributed by atoms with Gasteiger partial charge in [-0.2, -0.15) is 0 Å². The maximum atomic E-state index is 9.06. The summed E-state index contributed by atoms with van der Waals surface area (Å²) in [7, 11) is 1.54. The van der Waals surface area contributed by atoms with Crippen LogP contribution in [-0.2, 0) is 6.61 Å². The molecule has 0 fully saturated rings. The van der Waals surface area contributed by atoms with Crippen molar-refractivity contribution < 1.29 is 14.6 Å². The highest BCUT2D eigenvalue weighted by Crippen LogP contribution is 2.34. The van der Waals surface area contributed by atoms with E-state index in [1.165, 1.54) is 13.3 Å². The molecule has 5 heteroatoms. The maximum absolute atomic E-state index is 9.06. The Morgan fingerprint density at radius 2 is 2.06 bits per heavy atom. The topological polar surface area (TPSA) is 51.6 Å². The molecule has 1 heterocycles. The van der Waals surface area contributed by atoms with Crippen molar-refractivity contribution in [2.45, 2.75) is 6.61 Å². The number of hydrogen-bond donors (Lipinski definition) is 1. The zero-order valence-corrected chi connectivity index (χ0v) is 10.5. The molecule has 2 aromatic rings. The highest BCUT2D eigenvalue weighted by atomic mass is 35.5. The molecule has 0 aliphatic carbocycles. The minimum atomic E-state index is -0.0490. The third kappa shape index (κ3) is 2.72. The molecule has 1 N–H and O–H groups in total. The third-order valence-electron chi connectivity index (χ3n) is 2.37. The number of rotatable bonds is 4. The van der Waals surface area contributed by atoms with E-state index in [4.69, 9.17) is 26.2 Å². The summed E-state index contributed by atoms with van der Waals surface area (Å²) in [6.45, 7) is -0.0490. The first-order valence-corrected chi connectivity index (χ1v) is 5.67. The lowest BCUT2D eigenvalue weighted by molar-refractivity contribution is 0.280. The first kappa shape index (κ1) is 12.7. The van der Waals surface area contributed by atoms with Gasteiger partial charge in [0.1, 0.15) is 10.8 Å². The van der Waals surface area contributed by atoms with Crippen LogP contribution in [0.1, 0.15) is 5.56 Å². The van der Waals surface area contributed by atoms with Crippen molar-refractivity contribution in [2.75, 3.05) is 7.11 Å². The molecule has 0 radical (unpaired) electrons. The normalized spacial score (nSPS) is 10.2. The SMILES string of the molecule is COc1cc(CO)ccc1Oc1ccncc1Cl. The van der Waals surface area contributed by atoms with Crippen LogP contribution in [0.3, 0.4) is 0 Å². The molecule has 0 atom stereocenters. The average molecular weight is 266 g/mol. The Balaban J connectivity index is 2.32. The van der Waals surface area contributed by atoms with Crippen molar-refractivity contribution >= 4 is 11.6 Å². The highest BCUT2D eigenvalue weighted by Gasteiger charge is 2.08. The number of halogens is 1. The van der Waals surface area contributed by atoms with Gasteiger partial charge in [-0.1, -0.05) is 17.7 Å². The molecule has 0 aliphatic rings. The van der Waals surface area contributed by atoms with Crippen molar-refractivity contribution in [3.05, 3.63) is 47.2 Å². The summed E-state index contributed by atoms with van der Waals surface area (Å²) >= 11 is 5.96. The molecule has 0 amide bonds. The Bertz CT molecular complexity index is 546. The van der Waals surface area contributed by atoms with Gasteiger partial charge in [-0.3, -0.25) is 4.98 Å². The van der Waals surface area contributed by atoms with Crippen LogP contribution in [0.4, 0.5) is 0 Å². The first-order valence-electron chi connectivity index (χ1n) is 5.29. The number of aliphatic hydroxyl groups is 1. The van der Waals surface area contributed by atoms with Crippen LogP contribution in [0.2, 0.25) is 5.02 Å². The van der Waals surface area contributed by atoms with Crippen LogP contribution in [0.15, 0.2) is 36.7 Å². The van der Waals surface area contributed by atoms with Gasteiger partial charge in [-0.25, -0.2) is 0 Å². The molecule has 0 bridgehead atoms. The summed E-state index contributed by atoms with van der Waals surface area (Å²) in [6, 6.07) is 6.86. The molecule has 1 aromatic heterocycles. The van der Waals surface area contributed by atoms with Gasteiger partial charge in [-0.15, -0.1) is 0 Å². The standard InChI is InChI=1S/C13H12ClNO3/c1-17-13-6-9(8-16)2-3-12(13)18-11-4-5-15-7-10(11)14/h2-7,16H,8H2,1H3. The number of benzene rings is 1. The van der Waals surface area contributed by atoms with Gasteiger partial charge in [0, 0.05) is 18.5 Å². The van der Waals surface area contributed by atoms with Crippen molar-refractivity contribution in [1.82, 2.24) is 4.98 Å². The summed E-state index contributed by atoms with van der Waals surface area (Å²) in [4.78, 5) is 3.88. The molecule has 94 valence electrons. The Kier molecular flexibility index (Phi) is 4.02. The van der Waals surface area contributed by atoms with Crippen molar-refractivity contribution in [3.8, 4) is 17.2 Å². The molecule has 0 unspecified atom stereocenters. The van der Waals surface area contributed by atoms with Crippen LogP contribution >= 0.6 is 11.6 Å². The second-order valence-corrected chi connectivity index (χ2v) is 3.96. The lowest BCUT2D eigenvalue weighted by Crippen LogP contribution is -1.93. The van der Waals surface area contributed by atoms with Crippen LogP contribution in [0.5, 0.6) is 17.2 Å². The summed E-state index contributed by atoms with van der Waals surface area (Å²) in [5.41, 5.74) is 0.750. The van der Waals surface area contributed by atoms with E-state index in [-0.39, 0.29) is 6.61 Å². The smallest absolute Gasteiger partial charge is 0.169 e. The number of hydrogen-bond acceptors (Lipinski definition) is 4. The van der Waals surface area contributed by atoms with Gasteiger partial charge in [0.15, 0.2) is 11.5 Å². The number of aromatic nitrogens is 1. The second-order valence-electron chi connectivity index (χ2n) is 3.55. The lowest BCUT2D eigenvalue weighted by Gasteiger charge is -2.11. The van der Waals surface area contributed by atoms with Crippen molar-refractivity contribution in [1.29, 1.82) is 0 Å². The largest absolute Gasteiger partial charge is 0.493 e. The lowest BCUT2D eigenvalue weighted by atomic mass is 10.2. The Morgan fingerprint density at radius 1 is 1.22 bits per heavy atom. The molecule has 18 heavy (non-hydrogen) atoms. The summed E-state index contributed by atoms with van der Waals surface area (Å²) in [5, 5.41) is 9.48. The molecule has 0 saturated carbocycles. The Morgan fingerprint density at radius 3 is 2.72 bits per heavy atom. The number of ether oxygens (including phenoxy) is 2. The quantitative estimate of drug-likeness (QED) is 0.923. The van der Waals surface area contributed by atoms with E-state index in [2.05, 4.69) is 4.98 Å². The van der Waals surface area contributed by atoms with E-state index in [1.807, 2.05) is 0 Å². The zero-order chi connectivity index (χ0) is 13.0. The monoisotopic (exact) mass is 265 g/mol. The zero-order valence-electron chi connectivity index (χ0n) is 9.76. The molecule has 2 rings (SSSR count). The molecular weight excluding hydrogens is 254 g/mol. The Hall–Kier alpha value is -1.78. The van der Waals surface area contributed by atoms with E-state index < -0.39 is 0 Å². The van der Waals surface area contributed by atoms with Gasteiger partial charge in [0.25, 0.3) is 0 Å². The van der Waals surface area contributed by atoms with Crippen LogP contribution in [-0.4, -0.2) is 17.2 Å². The Labute approximate surface area is 110 Å². The van der Waals surface area contributed by atoms with Gasteiger partial charge in [0.05, 0.1) is 13.7 Å². The number of aliphatic hydroxyl groups excluding tert-OH is 1. The molecule has 0 saturated heterocycles. The number of nitrogens with zero attached hydrogens (tertiary/aromatic N) is 1. The highest BCUT2D eigenvalue weighted by molar-refractivity contribution is 6.31. The average Bonchev–Trinajstić information content (AvgIpc) is 2.41. The van der Waals surface area contributed by atoms with Crippen molar-refractivity contribution in [2.24, 2.45) is 0 Å². The summed E-state index contributed by atoms with van der Waals surface area (Å²) < 4.78 is 10.9. The number of pyridine rings is 1. The fourth-order valence-electron chi connectivity index (χ4n) is 1.46. The summed E-state index contributed by atoms with van der Waals surface area (Å²) in [6.07, 6.45) is 3.10. The second kappa shape index (κ2) is 5.71. The summed E-state index contributed by atoms with van der Waals surface area (Å²) in [5.74, 6) is 1.57. The first-order chi connectivity index (χ1) is 8.74. The van der Waals surface area contributed by atoms with E-state index >= 15 is 0 Å². The molecule has 1 aromatic carbocycles. The van der Waals surface area contributed by atoms with Crippen LogP contribution in [0, 0.1) is 0 Å². The minimum absolute atomic E-state index is 0.0490. The van der Waals surface area contributed by atoms with Gasteiger partial charge < -0.3 is 14.6 Å². The van der Waals surface area contributed by atoms with Gasteiger partial charge in [-0.05, 0) is 17.7 Å². The third-order valence-corrected chi connectivity index (χ3v) is 2.65. The predicted octanol–water partition coefficient (Wildman–Crippen LogP) is 3.03. The maximum Gasteiger partial charge on any atom is 0.169 e. The number of methoxy groups -OCH3 is 1. The molecule has 0 aliphatic heterocycles. The minimum Gasteiger partial charge on any atom is -0.493 e. The fraction of sp³-hybridized carbons (Fsp3) is 0.154.